The average molecular weight is 299 g/mol. The quantitative estimate of drug-likeness (QED) is 0.493. The SMILES string of the molecule is C=C=CC1C[C@H]2[C@@H]3CCC[C@@]3(C)CC[C@@H]2[C@@]2(C)CCCCC12. The maximum atomic E-state index is 3.92. The molecule has 0 aromatic carbocycles. The second-order valence-electron chi connectivity index (χ2n) is 9.59. The van der Waals surface area contributed by atoms with Gasteiger partial charge >= 0.3 is 0 Å². The van der Waals surface area contributed by atoms with Crippen LogP contribution >= 0.6 is 0 Å². The largest absolute Gasteiger partial charge is 0.133 e. The summed E-state index contributed by atoms with van der Waals surface area (Å²) < 4.78 is 0. The first-order valence-electron chi connectivity index (χ1n) is 9.94. The first kappa shape index (κ1) is 15.1. The van der Waals surface area contributed by atoms with E-state index in [1.165, 1.54) is 64.2 Å². The lowest BCUT2D eigenvalue weighted by Crippen LogP contribution is -2.54. The molecule has 0 radical (unpaired) electrons. The molecule has 0 aromatic rings. The molecule has 122 valence electrons. The zero-order chi connectivity index (χ0) is 15.4. The van der Waals surface area contributed by atoms with E-state index in [2.05, 4.69) is 32.2 Å². The van der Waals surface area contributed by atoms with E-state index in [1.54, 1.807) is 0 Å². The Kier molecular flexibility index (Phi) is 3.61. The van der Waals surface area contributed by atoms with Gasteiger partial charge in [0.15, 0.2) is 0 Å². The van der Waals surface area contributed by atoms with Crippen molar-refractivity contribution in [2.24, 2.45) is 40.4 Å². The smallest absolute Gasteiger partial charge is 0.0121 e. The van der Waals surface area contributed by atoms with E-state index in [4.69, 9.17) is 0 Å². The van der Waals surface area contributed by atoms with Gasteiger partial charge in [-0.3, -0.25) is 0 Å². The lowest BCUT2D eigenvalue weighted by atomic mass is 9.43. The molecular formula is C22H34. The van der Waals surface area contributed by atoms with E-state index < -0.39 is 0 Å². The summed E-state index contributed by atoms with van der Waals surface area (Å²) in [6.07, 6.45) is 17.3. The van der Waals surface area contributed by atoms with Crippen LogP contribution in [0, 0.1) is 40.4 Å². The van der Waals surface area contributed by atoms with Gasteiger partial charge < -0.3 is 0 Å². The number of hydrogen-bond donors (Lipinski definition) is 0. The highest BCUT2D eigenvalue weighted by Gasteiger charge is 2.58. The van der Waals surface area contributed by atoms with Gasteiger partial charge in [-0.05, 0) is 91.4 Å². The summed E-state index contributed by atoms with van der Waals surface area (Å²) in [5, 5.41) is 0. The third kappa shape index (κ3) is 2.02. The molecule has 4 aliphatic rings. The Labute approximate surface area is 137 Å². The van der Waals surface area contributed by atoms with E-state index in [1.807, 2.05) is 0 Å². The van der Waals surface area contributed by atoms with Crippen LogP contribution in [0.1, 0.15) is 78.1 Å². The fourth-order valence-corrected chi connectivity index (χ4v) is 7.79. The summed E-state index contributed by atoms with van der Waals surface area (Å²) in [5.41, 5.74) is 4.47. The highest BCUT2D eigenvalue weighted by atomic mass is 14.6. The standard InChI is InChI=1S/C22H34/c1-4-8-16-15-17-19-10-7-12-21(19,2)14-11-20(17)22(3)13-6-5-9-18(16)22/h8,16-20H,1,5-7,9-15H2,2-3H3/t16?,17-,18?,19-,20-,21-,22-/m0/s1. The first-order valence-corrected chi connectivity index (χ1v) is 9.94. The van der Waals surface area contributed by atoms with Crippen LogP contribution in [0.15, 0.2) is 18.4 Å². The molecule has 0 nitrogen and oxygen atoms in total. The Hall–Kier alpha value is -0.480. The molecule has 0 heteroatoms. The molecule has 0 bridgehead atoms. The second-order valence-corrected chi connectivity index (χ2v) is 9.59. The summed E-state index contributed by atoms with van der Waals surface area (Å²) >= 11 is 0. The predicted molar refractivity (Wildman–Crippen MR) is 93.5 cm³/mol. The molecule has 4 fully saturated rings. The van der Waals surface area contributed by atoms with E-state index in [0.29, 0.717) is 10.8 Å². The van der Waals surface area contributed by atoms with Gasteiger partial charge in [0.1, 0.15) is 0 Å². The first-order chi connectivity index (χ1) is 10.6. The predicted octanol–water partition coefficient (Wildman–Crippen LogP) is 6.38. The highest BCUT2D eigenvalue weighted by molar-refractivity contribution is 5.11. The molecule has 4 saturated carbocycles. The van der Waals surface area contributed by atoms with Crippen molar-refractivity contribution in [3.8, 4) is 0 Å². The zero-order valence-electron chi connectivity index (χ0n) is 14.7. The zero-order valence-corrected chi connectivity index (χ0v) is 14.7. The number of hydrogen-bond acceptors (Lipinski definition) is 0. The van der Waals surface area contributed by atoms with Crippen molar-refractivity contribution in [2.45, 2.75) is 78.1 Å². The number of rotatable bonds is 1. The molecule has 0 amide bonds. The molecule has 22 heavy (non-hydrogen) atoms. The topological polar surface area (TPSA) is 0 Å². The molecule has 0 aromatic heterocycles. The van der Waals surface area contributed by atoms with E-state index >= 15 is 0 Å². The Bertz CT molecular complexity index is 484. The molecule has 0 aliphatic heterocycles. The molecule has 2 unspecified atom stereocenters. The van der Waals surface area contributed by atoms with Crippen molar-refractivity contribution in [1.82, 2.24) is 0 Å². The summed E-state index contributed by atoms with van der Waals surface area (Å²) in [7, 11) is 0. The van der Waals surface area contributed by atoms with Gasteiger partial charge in [0.2, 0.25) is 0 Å². The highest BCUT2D eigenvalue weighted by Crippen LogP contribution is 2.67. The van der Waals surface area contributed by atoms with Crippen LogP contribution in [0.2, 0.25) is 0 Å². The van der Waals surface area contributed by atoms with Crippen LogP contribution in [0.5, 0.6) is 0 Å². The maximum Gasteiger partial charge on any atom is -0.0121 e. The maximum absolute atomic E-state index is 3.92. The molecule has 4 aliphatic carbocycles. The molecule has 0 spiro atoms. The summed E-state index contributed by atoms with van der Waals surface area (Å²) in [5.74, 6) is 4.72. The monoisotopic (exact) mass is 298 g/mol. The van der Waals surface area contributed by atoms with E-state index in [0.717, 1.165) is 29.6 Å². The number of allylic oxidation sites excluding steroid dienone is 1. The Morgan fingerprint density at radius 2 is 1.73 bits per heavy atom. The van der Waals surface area contributed by atoms with Crippen molar-refractivity contribution in [1.29, 1.82) is 0 Å². The third-order valence-electron chi connectivity index (χ3n) is 8.79. The lowest BCUT2D eigenvalue weighted by Gasteiger charge is -2.61. The third-order valence-corrected chi connectivity index (χ3v) is 8.79. The summed E-state index contributed by atoms with van der Waals surface area (Å²) in [6, 6.07) is 0. The van der Waals surface area contributed by atoms with Gasteiger partial charge in [0.05, 0.1) is 0 Å². The van der Waals surface area contributed by atoms with E-state index in [9.17, 15) is 0 Å². The van der Waals surface area contributed by atoms with Crippen LogP contribution in [-0.4, -0.2) is 0 Å². The Balaban J connectivity index is 1.71. The van der Waals surface area contributed by atoms with E-state index in [-0.39, 0.29) is 0 Å². The molecule has 4 rings (SSSR count). The summed E-state index contributed by atoms with van der Waals surface area (Å²) in [6.45, 7) is 9.21. The van der Waals surface area contributed by atoms with Gasteiger partial charge in [0.25, 0.3) is 0 Å². The molecule has 0 saturated heterocycles. The van der Waals surface area contributed by atoms with Crippen molar-refractivity contribution >= 4 is 0 Å². The van der Waals surface area contributed by atoms with Gasteiger partial charge in [-0.2, -0.15) is 0 Å². The fraction of sp³-hybridized carbons (Fsp3) is 0.864. The van der Waals surface area contributed by atoms with Crippen LogP contribution in [0.25, 0.3) is 0 Å². The fourth-order valence-electron chi connectivity index (χ4n) is 7.79. The van der Waals surface area contributed by atoms with Crippen LogP contribution in [0.4, 0.5) is 0 Å². The van der Waals surface area contributed by atoms with Crippen molar-refractivity contribution < 1.29 is 0 Å². The molecule has 0 heterocycles. The lowest BCUT2D eigenvalue weighted by molar-refractivity contribution is -0.119. The minimum Gasteiger partial charge on any atom is -0.133 e. The van der Waals surface area contributed by atoms with Gasteiger partial charge in [-0.15, -0.1) is 5.73 Å². The van der Waals surface area contributed by atoms with Crippen molar-refractivity contribution in [3.05, 3.63) is 18.4 Å². The minimum absolute atomic E-state index is 0.614. The second kappa shape index (κ2) is 5.27. The van der Waals surface area contributed by atoms with Crippen molar-refractivity contribution in [2.75, 3.05) is 0 Å². The Morgan fingerprint density at radius 1 is 0.909 bits per heavy atom. The summed E-state index contributed by atoms with van der Waals surface area (Å²) in [4.78, 5) is 0. The molecular weight excluding hydrogens is 264 g/mol. The molecule has 0 N–H and O–H groups in total. The van der Waals surface area contributed by atoms with Gasteiger partial charge in [0, 0.05) is 0 Å². The van der Waals surface area contributed by atoms with Crippen molar-refractivity contribution in [3.63, 3.8) is 0 Å². The van der Waals surface area contributed by atoms with Crippen LogP contribution in [0.3, 0.4) is 0 Å². The number of fused-ring (bicyclic) bond motifs is 5. The normalized spacial score (nSPS) is 53.8. The van der Waals surface area contributed by atoms with Crippen LogP contribution in [-0.2, 0) is 0 Å². The van der Waals surface area contributed by atoms with Gasteiger partial charge in [-0.1, -0.05) is 39.7 Å². The molecule has 7 atom stereocenters. The van der Waals surface area contributed by atoms with Gasteiger partial charge in [-0.25, -0.2) is 0 Å². The van der Waals surface area contributed by atoms with Crippen LogP contribution < -0.4 is 0 Å². The average Bonchev–Trinajstić information content (AvgIpc) is 2.89. The Morgan fingerprint density at radius 3 is 2.55 bits per heavy atom. The minimum atomic E-state index is 0.614.